The maximum atomic E-state index is 5.71. The van der Waals surface area contributed by atoms with Gasteiger partial charge in [0.05, 0.1) is 15.6 Å². The molecule has 1 saturated carbocycles. The van der Waals surface area contributed by atoms with E-state index in [0.717, 1.165) is 17.3 Å². The quantitative estimate of drug-likeness (QED) is 0.812. The van der Waals surface area contributed by atoms with E-state index in [1.165, 1.54) is 34.7 Å². The van der Waals surface area contributed by atoms with Crippen LogP contribution in [0.15, 0.2) is 24.3 Å². The Morgan fingerprint density at radius 3 is 2.53 bits per heavy atom. The van der Waals surface area contributed by atoms with E-state index in [1.54, 1.807) is 0 Å². The van der Waals surface area contributed by atoms with Crippen molar-refractivity contribution in [1.29, 1.82) is 0 Å². The molecule has 0 atom stereocenters. The first kappa shape index (κ1) is 10.8. The Bertz CT molecular complexity index is 524. The molecule has 1 heterocycles. The van der Waals surface area contributed by atoms with Crippen molar-refractivity contribution in [1.82, 2.24) is 4.98 Å². The first-order chi connectivity index (χ1) is 8.24. The van der Waals surface area contributed by atoms with E-state index >= 15 is 0 Å². The molecule has 3 heteroatoms. The predicted molar refractivity (Wildman–Crippen MR) is 73.3 cm³/mol. The highest BCUT2D eigenvalue weighted by atomic mass is 32.1. The van der Waals surface area contributed by atoms with Crippen molar-refractivity contribution in [3.63, 3.8) is 0 Å². The number of aromatic nitrogens is 1. The average Bonchev–Trinajstić information content (AvgIpc) is 2.59. The van der Waals surface area contributed by atoms with Crippen molar-refractivity contribution in [2.75, 3.05) is 5.73 Å². The lowest BCUT2D eigenvalue weighted by atomic mass is 9.86. The van der Waals surface area contributed by atoms with Crippen molar-refractivity contribution in [3.05, 3.63) is 35.0 Å². The lowest BCUT2D eigenvalue weighted by molar-refractivity contribution is 0.418. The fraction of sp³-hybridized carbons (Fsp3) is 0.357. The molecule has 0 radical (unpaired) electrons. The summed E-state index contributed by atoms with van der Waals surface area (Å²) in [6.07, 6.45) is 3.99. The lowest BCUT2D eigenvalue weighted by Crippen LogP contribution is -2.07. The zero-order chi connectivity index (χ0) is 11.8. The molecule has 1 fully saturated rings. The first-order valence-electron chi connectivity index (χ1n) is 6.07. The van der Waals surface area contributed by atoms with Crippen LogP contribution in [-0.2, 0) is 0 Å². The van der Waals surface area contributed by atoms with Crippen LogP contribution in [-0.4, -0.2) is 4.98 Å². The number of benzene rings is 1. The standard InChI is InChI=1S/C14H16N2S/c1-9-13(10-5-7-12(15)8-6-10)17-14(16-9)11-3-2-4-11/h5-8,11H,2-4,15H2,1H3. The summed E-state index contributed by atoms with van der Waals surface area (Å²) in [5.74, 6) is 0.723. The van der Waals surface area contributed by atoms with Crippen molar-refractivity contribution < 1.29 is 0 Å². The van der Waals surface area contributed by atoms with Crippen LogP contribution < -0.4 is 5.73 Å². The Kier molecular flexibility index (Phi) is 2.63. The predicted octanol–water partition coefficient (Wildman–Crippen LogP) is 3.97. The maximum absolute atomic E-state index is 5.71. The molecule has 2 aromatic rings. The molecule has 1 aliphatic rings. The zero-order valence-corrected chi connectivity index (χ0v) is 10.8. The number of thiazole rings is 1. The molecule has 0 spiro atoms. The summed E-state index contributed by atoms with van der Waals surface area (Å²) in [6, 6.07) is 8.08. The van der Waals surface area contributed by atoms with Gasteiger partial charge in [-0.3, -0.25) is 0 Å². The Hall–Kier alpha value is -1.35. The van der Waals surface area contributed by atoms with Gasteiger partial charge in [0, 0.05) is 11.6 Å². The number of nitrogens with zero attached hydrogens (tertiary/aromatic N) is 1. The second-order valence-electron chi connectivity index (χ2n) is 4.72. The van der Waals surface area contributed by atoms with Gasteiger partial charge in [-0.15, -0.1) is 11.3 Å². The summed E-state index contributed by atoms with van der Waals surface area (Å²) < 4.78 is 0. The molecule has 0 unspecified atom stereocenters. The second-order valence-corrected chi connectivity index (χ2v) is 5.75. The third-order valence-corrected chi connectivity index (χ3v) is 4.81. The third kappa shape index (κ3) is 1.95. The Morgan fingerprint density at radius 1 is 1.24 bits per heavy atom. The Balaban J connectivity index is 1.96. The molecular formula is C14H16N2S. The van der Waals surface area contributed by atoms with E-state index in [2.05, 4.69) is 19.1 Å². The Labute approximate surface area is 106 Å². The molecule has 2 nitrogen and oxygen atoms in total. The van der Waals surface area contributed by atoms with E-state index in [1.807, 2.05) is 23.5 Å². The van der Waals surface area contributed by atoms with Gasteiger partial charge in [0.25, 0.3) is 0 Å². The van der Waals surface area contributed by atoms with Crippen molar-refractivity contribution in [3.8, 4) is 10.4 Å². The second kappa shape index (κ2) is 4.15. The van der Waals surface area contributed by atoms with Gasteiger partial charge < -0.3 is 5.73 Å². The summed E-state index contributed by atoms with van der Waals surface area (Å²) in [4.78, 5) is 6.02. The van der Waals surface area contributed by atoms with Gasteiger partial charge in [0.15, 0.2) is 0 Å². The number of nitrogens with two attached hydrogens (primary N) is 1. The minimum absolute atomic E-state index is 0.723. The monoisotopic (exact) mass is 244 g/mol. The molecule has 1 aliphatic carbocycles. The molecule has 1 aromatic heterocycles. The molecular weight excluding hydrogens is 228 g/mol. The summed E-state index contributed by atoms with van der Waals surface area (Å²) in [5.41, 5.74) is 8.92. The molecule has 0 amide bonds. The highest BCUT2D eigenvalue weighted by Crippen LogP contribution is 2.41. The van der Waals surface area contributed by atoms with Gasteiger partial charge >= 0.3 is 0 Å². The zero-order valence-electron chi connectivity index (χ0n) is 9.94. The van der Waals surface area contributed by atoms with Crippen molar-refractivity contribution in [2.24, 2.45) is 0 Å². The van der Waals surface area contributed by atoms with E-state index in [9.17, 15) is 0 Å². The molecule has 2 N–H and O–H groups in total. The number of hydrogen-bond donors (Lipinski definition) is 1. The molecule has 0 bridgehead atoms. The number of rotatable bonds is 2. The highest BCUT2D eigenvalue weighted by Gasteiger charge is 2.23. The summed E-state index contributed by atoms with van der Waals surface area (Å²) >= 11 is 1.85. The van der Waals surface area contributed by atoms with Crippen molar-refractivity contribution in [2.45, 2.75) is 32.1 Å². The lowest BCUT2D eigenvalue weighted by Gasteiger charge is -2.22. The van der Waals surface area contributed by atoms with Crippen LogP contribution in [0.25, 0.3) is 10.4 Å². The fourth-order valence-electron chi connectivity index (χ4n) is 2.15. The molecule has 0 aliphatic heterocycles. The summed E-state index contributed by atoms with van der Waals surface area (Å²) in [6.45, 7) is 2.10. The maximum Gasteiger partial charge on any atom is 0.0965 e. The molecule has 0 saturated heterocycles. The largest absolute Gasteiger partial charge is 0.399 e. The summed E-state index contributed by atoms with van der Waals surface area (Å²) in [5, 5.41) is 1.32. The van der Waals surface area contributed by atoms with E-state index in [4.69, 9.17) is 10.7 Å². The van der Waals surface area contributed by atoms with Crippen LogP contribution in [0.1, 0.15) is 35.9 Å². The topological polar surface area (TPSA) is 38.9 Å². The van der Waals surface area contributed by atoms with Crippen molar-refractivity contribution >= 4 is 17.0 Å². The highest BCUT2D eigenvalue weighted by molar-refractivity contribution is 7.15. The first-order valence-corrected chi connectivity index (χ1v) is 6.89. The van der Waals surface area contributed by atoms with Gasteiger partial charge in [-0.1, -0.05) is 18.6 Å². The Morgan fingerprint density at radius 2 is 1.94 bits per heavy atom. The van der Waals surface area contributed by atoms with E-state index in [-0.39, 0.29) is 0 Å². The van der Waals surface area contributed by atoms with Crippen LogP contribution in [0, 0.1) is 6.92 Å². The minimum Gasteiger partial charge on any atom is -0.399 e. The van der Waals surface area contributed by atoms with Crippen LogP contribution >= 0.6 is 11.3 Å². The molecule has 17 heavy (non-hydrogen) atoms. The SMILES string of the molecule is Cc1nc(C2CCC2)sc1-c1ccc(N)cc1. The fourth-order valence-corrected chi connectivity index (χ4v) is 3.39. The van der Waals surface area contributed by atoms with Gasteiger partial charge in [0.1, 0.15) is 0 Å². The number of aryl methyl sites for hydroxylation is 1. The van der Waals surface area contributed by atoms with Crippen LogP contribution in [0.3, 0.4) is 0 Å². The molecule has 1 aromatic carbocycles. The number of anilines is 1. The summed E-state index contributed by atoms with van der Waals surface area (Å²) in [7, 11) is 0. The van der Waals surface area contributed by atoms with Crippen LogP contribution in [0.4, 0.5) is 5.69 Å². The number of hydrogen-bond acceptors (Lipinski definition) is 3. The van der Waals surface area contributed by atoms with Crippen LogP contribution in [0.5, 0.6) is 0 Å². The van der Waals surface area contributed by atoms with Gasteiger partial charge in [-0.05, 0) is 37.5 Å². The normalized spacial score (nSPS) is 15.8. The van der Waals surface area contributed by atoms with Gasteiger partial charge in [0.2, 0.25) is 0 Å². The van der Waals surface area contributed by atoms with Gasteiger partial charge in [-0.25, -0.2) is 4.98 Å². The smallest absolute Gasteiger partial charge is 0.0965 e. The van der Waals surface area contributed by atoms with Crippen LogP contribution in [0.2, 0.25) is 0 Å². The average molecular weight is 244 g/mol. The number of nitrogen functional groups attached to an aromatic ring is 1. The third-order valence-electron chi connectivity index (χ3n) is 3.44. The van der Waals surface area contributed by atoms with E-state index in [0.29, 0.717) is 0 Å². The minimum atomic E-state index is 0.723. The molecule has 88 valence electrons. The molecule has 3 rings (SSSR count). The van der Waals surface area contributed by atoms with Gasteiger partial charge in [-0.2, -0.15) is 0 Å². The van der Waals surface area contributed by atoms with E-state index < -0.39 is 0 Å².